The van der Waals surface area contributed by atoms with Gasteiger partial charge >= 0.3 is 0 Å². The molecule has 0 atom stereocenters. The number of rotatable bonds is 5. The molecule has 0 unspecified atom stereocenters. The fourth-order valence-corrected chi connectivity index (χ4v) is 0.926. The first-order chi connectivity index (χ1) is 6.76. The molecule has 0 fully saturated rings. The van der Waals surface area contributed by atoms with Gasteiger partial charge in [-0.3, -0.25) is 14.9 Å². The molecule has 3 N–H and O–H groups in total. The molecule has 0 aliphatic rings. The zero-order valence-electron chi connectivity index (χ0n) is 8.06. The fourth-order valence-electron chi connectivity index (χ4n) is 0.926. The van der Waals surface area contributed by atoms with Crippen molar-refractivity contribution in [2.45, 2.75) is 19.9 Å². The Bertz CT molecular complexity index is 297. The zero-order valence-corrected chi connectivity index (χ0v) is 8.06. The summed E-state index contributed by atoms with van der Waals surface area (Å²) in [5.74, 6) is 5.33. The fraction of sp³-hybridized carbons (Fsp3) is 0.500. The number of ether oxygens (including phenoxy) is 1. The lowest BCUT2D eigenvalue weighted by Crippen LogP contribution is -2.31. The minimum absolute atomic E-state index is 0.243. The highest BCUT2D eigenvalue weighted by atomic mass is 16.5. The summed E-state index contributed by atoms with van der Waals surface area (Å²) in [6.45, 7) is 3.09. The minimum Gasteiger partial charge on any atom is -0.490 e. The Kier molecular flexibility index (Phi) is 3.93. The summed E-state index contributed by atoms with van der Waals surface area (Å²) < 4.78 is 7.01. The minimum atomic E-state index is -0.243. The molecule has 0 aliphatic carbocycles. The van der Waals surface area contributed by atoms with E-state index in [4.69, 9.17) is 10.6 Å². The molecule has 1 amide bonds. The average molecular weight is 198 g/mol. The van der Waals surface area contributed by atoms with E-state index in [-0.39, 0.29) is 12.3 Å². The second-order valence-corrected chi connectivity index (χ2v) is 2.70. The molecule has 6 nitrogen and oxygen atoms in total. The van der Waals surface area contributed by atoms with Crippen molar-refractivity contribution in [3.63, 3.8) is 0 Å². The van der Waals surface area contributed by atoms with Crippen LogP contribution in [-0.4, -0.2) is 22.3 Å². The molecule has 14 heavy (non-hydrogen) atoms. The summed E-state index contributed by atoms with van der Waals surface area (Å²) in [7, 11) is 0. The van der Waals surface area contributed by atoms with Crippen molar-refractivity contribution >= 4 is 5.91 Å². The van der Waals surface area contributed by atoms with E-state index in [0.29, 0.717) is 12.4 Å². The number of carbonyl (C=O) groups excluding carboxylic acids is 1. The van der Waals surface area contributed by atoms with Crippen LogP contribution < -0.4 is 16.0 Å². The molecule has 0 aromatic carbocycles. The summed E-state index contributed by atoms with van der Waals surface area (Å²) >= 11 is 0. The molecule has 0 saturated carbocycles. The van der Waals surface area contributed by atoms with Gasteiger partial charge in [0, 0.05) is 6.54 Å². The van der Waals surface area contributed by atoms with Gasteiger partial charge in [0.25, 0.3) is 0 Å². The predicted octanol–water partition coefficient (Wildman–Crippen LogP) is -0.338. The topological polar surface area (TPSA) is 82.2 Å². The van der Waals surface area contributed by atoms with Crippen LogP contribution in [-0.2, 0) is 11.3 Å². The highest BCUT2D eigenvalue weighted by Crippen LogP contribution is 2.07. The van der Waals surface area contributed by atoms with Crippen molar-refractivity contribution < 1.29 is 9.53 Å². The largest absolute Gasteiger partial charge is 0.490 e. The van der Waals surface area contributed by atoms with E-state index in [1.54, 1.807) is 17.1 Å². The number of nitrogens with one attached hydrogen (secondary N) is 1. The first kappa shape index (κ1) is 10.5. The first-order valence-electron chi connectivity index (χ1n) is 4.41. The van der Waals surface area contributed by atoms with Gasteiger partial charge in [0.1, 0.15) is 0 Å². The monoisotopic (exact) mass is 198 g/mol. The Morgan fingerprint density at radius 3 is 3.14 bits per heavy atom. The van der Waals surface area contributed by atoms with Gasteiger partial charge in [0.15, 0.2) is 5.75 Å². The van der Waals surface area contributed by atoms with Crippen molar-refractivity contribution in [1.29, 1.82) is 0 Å². The maximum Gasteiger partial charge on any atom is 0.237 e. The van der Waals surface area contributed by atoms with E-state index >= 15 is 0 Å². The van der Waals surface area contributed by atoms with Crippen LogP contribution in [0.4, 0.5) is 0 Å². The Morgan fingerprint density at radius 2 is 2.57 bits per heavy atom. The second kappa shape index (κ2) is 5.23. The molecule has 1 aromatic rings. The lowest BCUT2D eigenvalue weighted by Gasteiger charge is -2.01. The Balaban J connectivity index is 2.27. The van der Waals surface area contributed by atoms with Gasteiger partial charge in [-0.15, -0.1) is 0 Å². The van der Waals surface area contributed by atoms with Crippen molar-refractivity contribution in [3.8, 4) is 5.75 Å². The number of nitrogens with zero attached hydrogens (tertiary/aromatic N) is 2. The van der Waals surface area contributed by atoms with Crippen molar-refractivity contribution in [2.24, 2.45) is 5.84 Å². The standard InChI is InChI=1S/C8H14N4O2/c1-2-12-6-7(5-10-12)14-4-3-8(13)11-9/h5-6H,2-4,9H2,1H3,(H,11,13). The number of hydrogen-bond donors (Lipinski definition) is 2. The number of hydrogen-bond acceptors (Lipinski definition) is 4. The maximum atomic E-state index is 10.7. The molecule has 78 valence electrons. The Morgan fingerprint density at radius 1 is 1.79 bits per heavy atom. The van der Waals surface area contributed by atoms with Gasteiger partial charge in [0.2, 0.25) is 5.91 Å². The number of carbonyl (C=O) groups is 1. The average Bonchev–Trinajstić information content (AvgIpc) is 2.65. The molecule has 1 rings (SSSR count). The van der Waals surface area contributed by atoms with Gasteiger partial charge in [-0.1, -0.05) is 0 Å². The normalized spacial score (nSPS) is 9.86. The van der Waals surface area contributed by atoms with Gasteiger partial charge in [-0.05, 0) is 6.92 Å². The van der Waals surface area contributed by atoms with Gasteiger partial charge in [0.05, 0.1) is 25.4 Å². The van der Waals surface area contributed by atoms with E-state index in [2.05, 4.69) is 5.10 Å². The summed E-state index contributed by atoms with van der Waals surface area (Å²) in [5.41, 5.74) is 2.03. The second-order valence-electron chi connectivity index (χ2n) is 2.70. The van der Waals surface area contributed by atoms with E-state index in [9.17, 15) is 4.79 Å². The molecule has 6 heteroatoms. The van der Waals surface area contributed by atoms with Crippen LogP contribution in [0.1, 0.15) is 13.3 Å². The predicted molar refractivity (Wildman–Crippen MR) is 50.3 cm³/mol. The number of amides is 1. The van der Waals surface area contributed by atoms with Crippen molar-refractivity contribution in [1.82, 2.24) is 15.2 Å². The third-order valence-electron chi connectivity index (χ3n) is 1.69. The van der Waals surface area contributed by atoms with Crippen LogP contribution in [0.2, 0.25) is 0 Å². The quantitative estimate of drug-likeness (QED) is 0.385. The lowest BCUT2D eigenvalue weighted by molar-refractivity contribution is -0.121. The highest BCUT2D eigenvalue weighted by Gasteiger charge is 2.00. The van der Waals surface area contributed by atoms with Crippen LogP contribution in [0.5, 0.6) is 5.75 Å². The SMILES string of the molecule is CCn1cc(OCCC(=O)NN)cn1. The third kappa shape index (κ3) is 3.06. The highest BCUT2D eigenvalue weighted by molar-refractivity contribution is 5.75. The van der Waals surface area contributed by atoms with Crippen molar-refractivity contribution in [3.05, 3.63) is 12.4 Å². The first-order valence-corrected chi connectivity index (χ1v) is 4.41. The summed E-state index contributed by atoms with van der Waals surface area (Å²) in [6, 6.07) is 0. The van der Waals surface area contributed by atoms with E-state index in [1.807, 2.05) is 12.3 Å². The molecule has 0 saturated heterocycles. The zero-order chi connectivity index (χ0) is 10.4. The molecule has 0 radical (unpaired) electrons. The van der Waals surface area contributed by atoms with Crippen LogP contribution >= 0.6 is 0 Å². The van der Waals surface area contributed by atoms with E-state index in [0.717, 1.165) is 6.54 Å². The van der Waals surface area contributed by atoms with E-state index < -0.39 is 0 Å². The van der Waals surface area contributed by atoms with Crippen LogP contribution in [0.15, 0.2) is 12.4 Å². The molecule has 1 heterocycles. The molecule has 1 aromatic heterocycles. The van der Waals surface area contributed by atoms with E-state index in [1.165, 1.54) is 0 Å². The summed E-state index contributed by atoms with van der Waals surface area (Å²) in [5, 5.41) is 4.02. The molecule has 0 spiro atoms. The van der Waals surface area contributed by atoms with Crippen LogP contribution in [0.25, 0.3) is 0 Å². The maximum absolute atomic E-state index is 10.7. The van der Waals surface area contributed by atoms with Gasteiger partial charge in [-0.2, -0.15) is 5.10 Å². The van der Waals surface area contributed by atoms with Crippen molar-refractivity contribution in [2.75, 3.05) is 6.61 Å². The molecule has 0 aliphatic heterocycles. The van der Waals surface area contributed by atoms with Crippen LogP contribution in [0, 0.1) is 0 Å². The Hall–Kier alpha value is -1.56. The number of aryl methyl sites for hydroxylation is 1. The molecular weight excluding hydrogens is 184 g/mol. The lowest BCUT2D eigenvalue weighted by atomic mass is 10.4. The molecule has 0 bridgehead atoms. The summed E-state index contributed by atoms with van der Waals surface area (Å²) in [4.78, 5) is 10.7. The van der Waals surface area contributed by atoms with Gasteiger partial charge < -0.3 is 4.74 Å². The number of aromatic nitrogens is 2. The Labute approximate surface area is 82.0 Å². The molecular formula is C8H14N4O2. The number of hydrazine groups is 1. The third-order valence-corrected chi connectivity index (χ3v) is 1.69. The van der Waals surface area contributed by atoms with Crippen LogP contribution in [0.3, 0.4) is 0 Å². The summed E-state index contributed by atoms with van der Waals surface area (Å²) in [6.07, 6.45) is 3.64. The smallest absolute Gasteiger partial charge is 0.237 e. The number of nitrogens with two attached hydrogens (primary N) is 1. The van der Waals surface area contributed by atoms with Gasteiger partial charge in [-0.25, -0.2) is 5.84 Å².